The number of unbranched alkanes of at least 4 members (excludes halogenated alkanes) is 1. The first kappa shape index (κ1) is 21.2. The maximum atomic E-state index is 12.8. The first-order valence-corrected chi connectivity index (χ1v) is 10.5. The summed E-state index contributed by atoms with van der Waals surface area (Å²) in [7, 11) is 0. The van der Waals surface area contributed by atoms with Crippen LogP contribution < -0.4 is 9.47 Å². The van der Waals surface area contributed by atoms with E-state index in [0.717, 1.165) is 47.7 Å². The number of ether oxygens (including phenoxy) is 2. The minimum atomic E-state index is -0.0702. The molecule has 156 valence electrons. The lowest BCUT2D eigenvalue weighted by molar-refractivity contribution is -0.126. The number of fused-ring (bicyclic) bond motifs is 1. The molecule has 0 radical (unpaired) electrons. The van der Waals surface area contributed by atoms with Crippen LogP contribution in [0.4, 0.5) is 0 Å². The summed E-state index contributed by atoms with van der Waals surface area (Å²) in [6, 6.07) is 5.80. The number of hydrogen-bond acceptors (Lipinski definition) is 4. The zero-order chi connectivity index (χ0) is 20.8. The molecule has 6 nitrogen and oxygen atoms in total. The lowest BCUT2D eigenvalue weighted by atomic mass is 10.1. The summed E-state index contributed by atoms with van der Waals surface area (Å²) in [6.45, 7) is 8.98. The van der Waals surface area contributed by atoms with Crippen LogP contribution in [-0.4, -0.2) is 40.3 Å². The Morgan fingerprint density at radius 2 is 2.03 bits per heavy atom. The SMILES string of the molecule is CCCCn1nc(C)c(/C=C/C(=O)N(CC)Cc2ccc3c(c2)OCCO3)c1Cl. The molecule has 1 aliphatic heterocycles. The van der Waals surface area contributed by atoms with Crippen molar-refractivity contribution in [3.63, 3.8) is 0 Å². The molecule has 2 aromatic rings. The Morgan fingerprint density at radius 1 is 1.28 bits per heavy atom. The van der Waals surface area contributed by atoms with Crippen molar-refractivity contribution in [3.8, 4) is 11.5 Å². The molecule has 0 bridgehead atoms. The number of benzene rings is 1. The highest BCUT2D eigenvalue weighted by Gasteiger charge is 2.16. The molecule has 0 saturated heterocycles. The fourth-order valence-corrected chi connectivity index (χ4v) is 3.55. The van der Waals surface area contributed by atoms with Crippen LogP contribution >= 0.6 is 11.6 Å². The van der Waals surface area contributed by atoms with Crippen molar-refractivity contribution < 1.29 is 14.3 Å². The molecule has 0 saturated carbocycles. The second kappa shape index (κ2) is 9.83. The lowest BCUT2D eigenvalue weighted by Gasteiger charge is -2.22. The number of halogens is 1. The molecular formula is C22H28ClN3O3. The standard InChI is InChI=1S/C22H28ClN3O3/c1-4-6-11-26-22(23)18(16(3)24-26)8-10-21(27)25(5-2)15-17-7-9-19-20(14-17)29-13-12-28-19/h7-10,14H,4-6,11-13,15H2,1-3H3/b10-8+. The molecule has 1 aromatic heterocycles. The lowest BCUT2D eigenvalue weighted by Crippen LogP contribution is -2.28. The van der Waals surface area contributed by atoms with Gasteiger partial charge in [0.1, 0.15) is 18.4 Å². The van der Waals surface area contributed by atoms with E-state index in [1.165, 1.54) is 0 Å². The van der Waals surface area contributed by atoms with Crippen molar-refractivity contribution in [1.82, 2.24) is 14.7 Å². The minimum Gasteiger partial charge on any atom is -0.486 e. The predicted octanol–water partition coefficient (Wildman–Crippen LogP) is 4.48. The summed E-state index contributed by atoms with van der Waals surface area (Å²) in [4.78, 5) is 14.5. The molecule has 3 rings (SSSR count). The van der Waals surface area contributed by atoms with Crippen molar-refractivity contribution >= 4 is 23.6 Å². The van der Waals surface area contributed by atoms with Crippen molar-refractivity contribution in [2.75, 3.05) is 19.8 Å². The molecule has 29 heavy (non-hydrogen) atoms. The molecule has 2 heterocycles. The molecule has 0 spiro atoms. The zero-order valence-electron chi connectivity index (χ0n) is 17.3. The van der Waals surface area contributed by atoms with E-state index in [-0.39, 0.29) is 5.91 Å². The van der Waals surface area contributed by atoms with Crippen molar-refractivity contribution in [3.05, 3.63) is 46.2 Å². The van der Waals surface area contributed by atoms with Gasteiger partial charge in [0.2, 0.25) is 5.91 Å². The van der Waals surface area contributed by atoms with Crippen molar-refractivity contribution in [2.24, 2.45) is 0 Å². The summed E-state index contributed by atoms with van der Waals surface area (Å²) in [5.74, 6) is 1.41. The van der Waals surface area contributed by atoms with Gasteiger partial charge in [0.15, 0.2) is 11.5 Å². The van der Waals surface area contributed by atoms with E-state index in [1.807, 2.05) is 32.0 Å². The molecule has 0 N–H and O–H groups in total. The highest BCUT2D eigenvalue weighted by Crippen LogP contribution is 2.31. The molecule has 0 fully saturated rings. The van der Waals surface area contributed by atoms with Gasteiger partial charge in [0.25, 0.3) is 0 Å². The second-order valence-corrected chi connectivity index (χ2v) is 7.39. The van der Waals surface area contributed by atoms with E-state index >= 15 is 0 Å². The smallest absolute Gasteiger partial charge is 0.246 e. The fourth-order valence-electron chi connectivity index (χ4n) is 3.22. The number of aromatic nitrogens is 2. The van der Waals surface area contributed by atoms with Gasteiger partial charge >= 0.3 is 0 Å². The van der Waals surface area contributed by atoms with E-state index in [1.54, 1.807) is 21.7 Å². The Morgan fingerprint density at radius 3 is 2.76 bits per heavy atom. The summed E-state index contributed by atoms with van der Waals surface area (Å²) in [5.41, 5.74) is 2.62. The van der Waals surface area contributed by atoms with Gasteiger partial charge in [-0.2, -0.15) is 5.10 Å². The van der Waals surface area contributed by atoms with Crippen LogP contribution in [0, 0.1) is 6.92 Å². The average Bonchev–Trinajstić information content (AvgIpc) is 3.01. The molecule has 1 aromatic carbocycles. The Labute approximate surface area is 177 Å². The van der Waals surface area contributed by atoms with E-state index < -0.39 is 0 Å². The maximum absolute atomic E-state index is 12.8. The molecule has 0 atom stereocenters. The fraction of sp³-hybridized carbons (Fsp3) is 0.455. The number of carbonyl (C=O) groups is 1. The van der Waals surface area contributed by atoms with E-state index in [0.29, 0.717) is 31.5 Å². The number of aryl methyl sites for hydroxylation is 2. The topological polar surface area (TPSA) is 56.6 Å². The van der Waals surface area contributed by atoms with Crippen LogP contribution in [0.25, 0.3) is 6.08 Å². The molecule has 1 amide bonds. The maximum Gasteiger partial charge on any atom is 0.246 e. The van der Waals surface area contributed by atoms with E-state index in [2.05, 4.69) is 12.0 Å². The van der Waals surface area contributed by atoms with Crippen LogP contribution in [0.1, 0.15) is 43.5 Å². The van der Waals surface area contributed by atoms with E-state index in [4.69, 9.17) is 21.1 Å². The molecule has 1 aliphatic rings. The summed E-state index contributed by atoms with van der Waals surface area (Å²) >= 11 is 6.46. The summed E-state index contributed by atoms with van der Waals surface area (Å²) in [5, 5.41) is 5.06. The van der Waals surface area contributed by atoms with Gasteiger partial charge in [-0.3, -0.25) is 9.48 Å². The number of carbonyl (C=O) groups excluding carboxylic acids is 1. The van der Waals surface area contributed by atoms with Crippen molar-refractivity contribution in [1.29, 1.82) is 0 Å². The highest BCUT2D eigenvalue weighted by atomic mass is 35.5. The quantitative estimate of drug-likeness (QED) is 0.594. The number of nitrogens with zero attached hydrogens (tertiary/aromatic N) is 3. The van der Waals surface area contributed by atoms with Gasteiger partial charge in [-0.05, 0) is 44.0 Å². The number of rotatable bonds is 8. The van der Waals surface area contributed by atoms with Crippen LogP contribution in [0.5, 0.6) is 11.5 Å². The Balaban J connectivity index is 1.69. The third-order valence-electron chi connectivity index (χ3n) is 4.90. The number of likely N-dealkylation sites (N-methyl/N-ethyl adjacent to an activating group) is 1. The minimum absolute atomic E-state index is 0.0702. The van der Waals surface area contributed by atoms with Crippen LogP contribution in [-0.2, 0) is 17.9 Å². The number of amides is 1. The third kappa shape index (κ3) is 5.12. The van der Waals surface area contributed by atoms with Crippen LogP contribution in [0.3, 0.4) is 0 Å². The Kier molecular flexibility index (Phi) is 7.20. The molecular weight excluding hydrogens is 390 g/mol. The van der Waals surface area contributed by atoms with Crippen LogP contribution in [0.2, 0.25) is 5.15 Å². The van der Waals surface area contributed by atoms with Gasteiger partial charge in [-0.1, -0.05) is 31.0 Å². The Bertz CT molecular complexity index is 892. The number of hydrogen-bond donors (Lipinski definition) is 0. The monoisotopic (exact) mass is 417 g/mol. The first-order chi connectivity index (χ1) is 14.0. The largest absolute Gasteiger partial charge is 0.486 e. The third-order valence-corrected chi connectivity index (χ3v) is 5.30. The van der Waals surface area contributed by atoms with E-state index in [9.17, 15) is 4.79 Å². The summed E-state index contributed by atoms with van der Waals surface area (Å²) < 4.78 is 13.0. The van der Waals surface area contributed by atoms with Crippen molar-refractivity contribution in [2.45, 2.75) is 46.7 Å². The molecule has 7 heteroatoms. The van der Waals surface area contributed by atoms with Crippen LogP contribution in [0.15, 0.2) is 24.3 Å². The van der Waals surface area contributed by atoms with Gasteiger partial charge in [0.05, 0.1) is 5.69 Å². The Hall–Kier alpha value is -2.47. The molecule has 0 unspecified atom stereocenters. The van der Waals surface area contributed by atoms with Gasteiger partial charge in [-0.25, -0.2) is 0 Å². The van der Waals surface area contributed by atoms with Gasteiger partial charge < -0.3 is 14.4 Å². The first-order valence-electron chi connectivity index (χ1n) is 10.1. The predicted molar refractivity (Wildman–Crippen MR) is 114 cm³/mol. The summed E-state index contributed by atoms with van der Waals surface area (Å²) in [6.07, 6.45) is 5.43. The molecule has 0 aliphatic carbocycles. The van der Waals surface area contributed by atoms with Gasteiger partial charge in [-0.15, -0.1) is 0 Å². The normalized spacial score (nSPS) is 13.1. The average molecular weight is 418 g/mol. The second-order valence-electron chi connectivity index (χ2n) is 7.03. The van der Waals surface area contributed by atoms with Gasteiger partial charge in [0, 0.05) is 31.3 Å². The zero-order valence-corrected chi connectivity index (χ0v) is 18.0. The highest BCUT2D eigenvalue weighted by molar-refractivity contribution is 6.31.